The van der Waals surface area contributed by atoms with Gasteiger partial charge in [0.05, 0.1) is 0 Å². The molecule has 0 aliphatic carbocycles. The van der Waals surface area contributed by atoms with Crippen LogP contribution in [0.25, 0.3) is 0 Å². The zero-order valence-electron chi connectivity index (χ0n) is 14.1. The van der Waals surface area contributed by atoms with Crippen LogP contribution < -0.4 is 10.1 Å². The Balaban J connectivity index is 1.67. The second kappa shape index (κ2) is 7.95. The van der Waals surface area contributed by atoms with Gasteiger partial charge in [0.1, 0.15) is 12.4 Å². The quantitative estimate of drug-likeness (QED) is 0.764. The van der Waals surface area contributed by atoms with E-state index in [0.29, 0.717) is 6.61 Å². The number of benzene rings is 1. The normalized spacial score (nSPS) is 16.4. The van der Waals surface area contributed by atoms with Crippen LogP contribution >= 0.6 is 0 Å². The molecule has 0 spiro atoms. The maximum atomic E-state index is 12.7. The first-order valence-corrected chi connectivity index (χ1v) is 8.71. The SMILES string of the molecule is CCCCCC1CNc2ccc(OCc3ccncc3)cc2C1=O. The fraction of sp³-hybridized carbons (Fsp3) is 0.400. The van der Waals surface area contributed by atoms with E-state index in [2.05, 4.69) is 17.2 Å². The fourth-order valence-corrected chi connectivity index (χ4v) is 3.04. The molecule has 1 aromatic heterocycles. The number of unbranched alkanes of at least 4 members (excludes halogenated alkanes) is 2. The molecule has 0 saturated heterocycles. The van der Waals surface area contributed by atoms with Gasteiger partial charge in [-0.05, 0) is 42.3 Å². The molecule has 0 saturated carbocycles. The van der Waals surface area contributed by atoms with E-state index in [9.17, 15) is 4.79 Å². The van der Waals surface area contributed by atoms with Gasteiger partial charge in [0.2, 0.25) is 0 Å². The Morgan fingerprint density at radius 2 is 2.04 bits per heavy atom. The predicted molar refractivity (Wildman–Crippen MR) is 95.5 cm³/mol. The molecule has 4 nitrogen and oxygen atoms in total. The Hall–Kier alpha value is -2.36. The van der Waals surface area contributed by atoms with Gasteiger partial charge in [0.25, 0.3) is 0 Å². The highest BCUT2D eigenvalue weighted by Crippen LogP contribution is 2.30. The molecular formula is C20H24N2O2. The molecule has 0 fully saturated rings. The lowest BCUT2D eigenvalue weighted by atomic mass is 9.88. The number of anilines is 1. The lowest BCUT2D eigenvalue weighted by molar-refractivity contribution is 0.0913. The van der Waals surface area contributed by atoms with Crippen LogP contribution in [-0.2, 0) is 6.61 Å². The van der Waals surface area contributed by atoms with Crippen LogP contribution in [0.3, 0.4) is 0 Å². The standard InChI is InChI=1S/C20H24N2O2/c1-2-3-4-5-16-13-22-19-7-6-17(12-18(19)20(16)23)24-14-15-8-10-21-11-9-15/h6-12,16,22H,2-5,13-14H2,1H3. The minimum absolute atomic E-state index is 0.0829. The summed E-state index contributed by atoms with van der Waals surface area (Å²) in [6, 6.07) is 9.58. The van der Waals surface area contributed by atoms with Crippen LogP contribution in [0.5, 0.6) is 5.75 Å². The maximum Gasteiger partial charge on any atom is 0.169 e. The molecule has 126 valence electrons. The van der Waals surface area contributed by atoms with Gasteiger partial charge in [0, 0.05) is 36.1 Å². The smallest absolute Gasteiger partial charge is 0.169 e. The first-order chi connectivity index (χ1) is 11.8. The Morgan fingerprint density at radius 3 is 2.83 bits per heavy atom. The Bertz CT molecular complexity index is 685. The third-order valence-electron chi connectivity index (χ3n) is 4.48. The summed E-state index contributed by atoms with van der Waals surface area (Å²) in [5, 5.41) is 3.39. The number of Topliss-reactive ketones (excluding diaryl/α,β-unsaturated/α-hetero) is 1. The minimum Gasteiger partial charge on any atom is -0.489 e. The van der Waals surface area contributed by atoms with Crippen molar-refractivity contribution >= 4 is 11.5 Å². The number of carbonyl (C=O) groups excluding carboxylic acids is 1. The molecule has 1 aliphatic heterocycles. The molecule has 3 rings (SSSR count). The van der Waals surface area contributed by atoms with Crippen LogP contribution in [0.1, 0.15) is 48.5 Å². The highest BCUT2D eigenvalue weighted by molar-refractivity contribution is 6.04. The number of aromatic nitrogens is 1. The van der Waals surface area contributed by atoms with Crippen molar-refractivity contribution in [3.05, 3.63) is 53.9 Å². The molecule has 0 amide bonds. The van der Waals surface area contributed by atoms with Gasteiger partial charge >= 0.3 is 0 Å². The van der Waals surface area contributed by atoms with Crippen molar-refractivity contribution in [1.29, 1.82) is 0 Å². The molecular weight excluding hydrogens is 300 g/mol. The minimum atomic E-state index is 0.0829. The number of nitrogens with one attached hydrogen (secondary N) is 1. The monoisotopic (exact) mass is 324 g/mol. The number of hydrogen-bond donors (Lipinski definition) is 1. The Labute approximate surface area is 143 Å². The maximum absolute atomic E-state index is 12.7. The van der Waals surface area contributed by atoms with Gasteiger partial charge in [-0.1, -0.05) is 26.2 Å². The van der Waals surface area contributed by atoms with E-state index in [4.69, 9.17) is 4.74 Å². The number of pyridine rings is 1. The van der Waals surface area contributed by atoms with E-state index in [0.717, 1.165) is 42.0 Å². The molecule has 2 aromatic rings. The van der Waals surface area contributed by atoms with Gasteiger partial charge in [-0.15, -0.1) is 0 Å². The van der Waals surface area contributed by atoms with E-state index >= 15 is 0 Å². The molecule has 0 bridgehead atoms. The number of hydrogen-bond acceptors (Lipinski definition) is 4. The molecule has 1 unspecified atom stereocenters. The van der Waals surface area contributed by atoms with Crippen molar-refractivity contribution in [2.24, 2.45) is 5.92 Å². The average molecular weight is 324 g/mol. The molecule has 1 atom stereocenters. The molecule has 1 aromatic carbocycles. The summed E-state index contributed by atoms with van der Waals surface area (Å²) < 4.78 is 5.83. The fourth-order valence-electron chi connectivity index (χ4n) is 3.04. The molecule has 2 heterocycles. The Morgan fingerprint density at radius 1 is 1.21 bits per heavy atom. The number of carbonyl (C=O) groups is 1. The van der Waals surface area contributed by atoms with Gasteiger partial charge < -0.3 is 10.1 Å². The van der Waals surface area contributed by atoms with Crippen LogP contribution in [0, 0.1) is 5.92 Å². The highest BCUT2D eigenvalue weighted by atomic mass is 16.5. The van der Waals surface area contributed by atoms with E-state index in [1.807, 2.05) is 30.3 Å². The van der Waals surface area contributed by atoms with Crippen molar-refractivity contribution in [3.8, 4) is 5.75 Å². The number of nitrogens with zero attached hydrogens (tertiary/aromatic N) is 1. The van der Waals surface area contributed by atoms with Crippen LogP contribution in [0.4, 0.5) is 5.69 Å². The van der Waals surface area contributed by atoms with Gasteiger partial charge in [-0.3, -0.25) is 9.78 Å². The molecule has 24 heavy (non-hydrogen) atoms. The van der Waals surface area contributed by atoms with Gasteiger partial charge in [0.15, 0.2) is 5.78 Å². The van der Waals surface area contributed by atoms with E-state index in [1.165, 1.54) is 12.8 Å². The third-order valence-corrected chi connectivity index (χ3v) is 4.48. The zero-order chi connectivity index (χ0) is 16.8. The van der Waals surface area contributed by atoms with Crippen molar-refractivity contribution in [2.45, 2.75) is 39.2 Å². The highest BCUT2D eigenvalue weighted by Gasteiger charge is 2.27. The number of ketones is 1. The summed E-state index contributed by atoms with van der Waals surface area (Å²) in [7, 11) is 0. The summed E-state index contributed by atoms with van der Waals surface area (Å²) in [5.74, 6) is 1.06. The largest absolute Gasteiger partial charge is 0.489 e. The number of fused-ring (bicyclic) bond motifs is 1. The van der Waals surface area contributed by atoms with Gasteiger partial charge in [-0.2, -0.15) is 0 Å². The summed E-state index contributed by atoms with van der Waals surface area (Å²) in [5.41, 5.74) is 2.74. The Kier molecular flexibility index (Phi) is 5.47. The molecule has 1 aliphatic rings. The zero-order valence-corrected chi connectivity index (χ0v) is 14.1. The first-order valence-electron chi connectivity index (χ1n) is 8.71. The van der Waals surface area contributed by atoms with Gasteiger partial charge in [-0.25, -0.2) is 0 Å². The second-order valence-corrected chi connectivity index (χ2v) is 6.29. The summed E-state index contributed by atoms with van der Waals surface area (Å²) in [6.07, 6.45) is 7.94. The average Bonchev–Trinajstić information content (AvgIpc) is 2.63. The van der Waals surface area contributed by atoms with Crippen molar-refractivity contribution in [2.75, 3.05) is 11.9 Å². The third kappa shape index (κ3) is 3.94. The summed E-state index contributed by atoms with van der Waals surface area (Å²) in [6.45, 7) is 3.40. The van der Waals surface area contributed by atoms with Crippen molar-refractivity contribution in [1.82, 2.24) is 4.98 Å². The predicted octanol–water partition coefficient (Wildman–Crippen LogP) is 4.47. The van der Waals surface area contributed by atoms with E-state index in [-0.39, 0.29) is 11.7 Å². The second-order valence-electron chi connectivity index (χ2n) is 6.29. The van der Waals surface area contributed by atoms with E-state index < -0.39 is 0 Å². The van der Waals surface area contributed by atoms with Crippen molar-refractivity contribution in [3.63, 3.8) is 0 Å². The first kappa shape index (κ1) is 16.5. The molecule has 0 radical (unpaired) electrons. The van der Waals surface area contributed by atoms with E-state index in [1.54, 1.807) is 12.4 Å². The lowest BCUT2D eigenvalue weighted by Gasteiger charge is -2.25. The van der Waals surface area contributed by atoms with Crippen LogP contribution in [0.2, 0.25) is 0 Å². The summed E-state index contributed by atoms with van der Waals surface area (Å²) >= 11 is 0. The van der Waals surface area contributed by atoms with Crippen molar-refractivity contribution < 1.29 is 9.53 Å². The number of rotatable bonds is 7. The van der Waals surface area contributed by atoms with Crippen LogP contribution in [-0.4, -0.2) is 17.3 Å². The molecule has 4 heteroatoms. The number of ether oxygens (including phenoxy) is 1. The van der Waals surface area contributed by atoms with Crippen LogP contribution in [0.15, 0.2) is 42.7 Å². The molecule has 1 N–H and O–H groups in total. The lowest BCUT2D eigenvalue weighted by Crippen LogP contribution is -2.29. The summed E-state index contributed by atoms with van der Waals surface area (Å²) in [4.78, 5) is 16.7. The topological polar surface area (TPSA) is 51.2 Å².